The van der Waals surface area contributed by atoms with Crippen molar-refractivity contribution in [3.63, 3.8) is 0 Å². The average molecular weight is 431 g/mol. The number of benzene rings is 1. The van der Waals surface area contributed by atoms with Crippen LogP contribution in [0.2, 0.25) is 0 Å². The molecule has 2 N–H and O–H groups in total. The Hall–Kier alpha value is -2.02. The van der Waals surface area contributed by atoms with E-state index in [2.05, 4.69) is 21.6 Å². The number of nitriles is 1. The maximum atomic E-state index is 12.8. The number of hydrogen-bond donors (Lipinski definition) is 2. The van der Waals surface area contributed by atoms with E-state index in [0.717, 1.165) is 38.1 Å². The van der Waals surface area contributed by atoms with Gasteiger partial charge in [-0.3, -0.25) is 0 Å². The van der Waals surface area contributed by atoms with E-state index in [1.54, 1.807) is 6.92 Å². The number of thioether (sulfide) groups is 1. The van der Waals surface area contributed by atoms with Crippen LogP contribution in [0, 0.1) is 18.3 Å². The van der Waals surface area contributed by atoms with Crippen LogP contribution in [-0.2, 0) is 6.18 Å². The van der Waals surface area contributed by atoms with Crippen molar-refractivity contribution in [2.45, 2.75) is 36.2 Å². The van der Waals surface area contributed by atoms with E-state index in [4.69, 9.17) is 0 Å². The van der Waals surface area contributed by atoms with Gasteiger partial charge < -0.3 is 10.4 Å². The molecule has 1 saturated heterocycles. The Kier molecular flexibility index (Phi) is 7.15. The van der Waals surface area contributed by atoms with Crippen molar-refractivity contribution >= 4 is 24.2 Å². The van der Waals surface area contributed by atoms with Crippen LogP contribution in [0.3, 0.4) is 0 Å². The lowest BCUT2D eigenvalue weighted by Crippen LogP contribution is -2.31. The molecule has 0 saturated carbocycles. The summed E-state index contributed by atoms with van der Waals surface area (Å²) in [6.45, 7) is 3.44. The molecule has 1 aromatic heterocycles. The first-order valence-corrected chi connectivity index (χ1v) is 9.24. The Morgan fingerprint density at radius 2 is 2.07 bits per heavy atom. The summed E-state index contributed by atoms with van der Waals surface area (Å²) < 4.78 is 38.4. The largest absolute Gasteiger partial charge is 0.507 e. The number of phenolic OH excluding ortho intramolecular Hbond substituents is 1. The number of halogens is 4. The molecule has 0 bridgehead atoms. The number of piperidine rings is 1. The minimum absolute atomic E-state index is 0. The van der Waals surface area contributed by atoms with Crippen LogP contribution in [-0.4, -0.2) is 33.6 Å². The first-order valence-electron chi connectivity index (χ1n) is 8.36. The molecule has 5 nitrogen and oxygen atoms in total. The molecule has 10 heteroatoms. The second-order valence-corrected chi connectivity index (χ2v) is 7.57. The van der Waals surface area contributed by atoms with E-state index in [9.17, 15) is 23.5 Å². The molecule has 0 aliphatic carbocycles. The zero-order valence-electron chi connectivity index (χ0n) is 14.9. The van der Waals surface area contributed by atoms with Crippen molar-refractivity contribution in [1.82, 2.24) is 15.5 Å². The highest BCUT2D eigenvalue weighted by Gasteiger charge is 2.31. The predicted octanol–water partition coefficient (Wildman–Crippen LogP) is 4.31. The van der Waals surface area contributed by atoms with Crippen LogP contribution in [0.25, 0.3) is 11.3 Å². The summed E-state index contributed by atoms with van der Waals surface area (Å²) in [7, 11) is 0. The van der Waals surface area contributed by atoms with Gasteiger partial charge in [0.2, 0.25) is 0 Å². The molecule has 150 valence electrons. The summed E-state index contributed by atoms with van der Waals surface area (Å²) in [6, 6.07) is 4.79. The topological polar surface area (TPSA) is 81.8 Å². The lowest BCUT2D eigenvalue weighted by atomic mass is 10.0. The zero-order chi connectivity index (χ0) is 19.6. The van der Waals surface area contributed by atoms with Crippen LogP contribution < -0.4 is 5.32 Å². The standard InChI is InChI=1S/C18H17F3N4OS.ClH/c1-10-14(8-22)17(27-12-3-2-6-23-9-12)25-24-16(10)13-5-4-11(7-15(13)26)18(19,20)21;/h4-5,7,12,23,26H,2-3,6,9H2,1H3;1H/t12-;/m1./s1. The van der Waals surface area contributed by atoms with Crippen molar-refractivity contribution in [2.24, 2.45) is 0 Å². The van der Waals surface area contributed by atoms with Gasteiger partial charge in [0.1, 0.15) is 22.5 Å². The SMILES string of the molecule is Cc1c(-c2ccc(C(F)(F)F)cc2O)nnc(S[C@@H]2CCCNC2)c1C#N.Cl. The summed E-state index contributed by atoms with van der Waals surface area (Å²) in [4.78, 5) is 0. The molecule has 28 heavy (non-hydrogen) atoms. The number of rotatable bonds is 3. The number of nitrogens with zero attached hydrogens (tertiary/aromatic N) is 3. The van der Waals surface area contributed by atoms with E-state index in [-0.39, 0.29) is 28.9 Å². The minimum atomic E-state index is -4.55. The van der Waals surface area contributed by atoms with Gasteiger partial charge in [0, 0.05) is 17.4 Å². The first kappa shape index (κ1) is 22.3. The molecule has 2 heterocycles. The Morgan fingerprint density at radius 1 is 1.32 bits per heavy atom. The molecule has 0 radical (unpaired) electrons. The average Bonchev–Trinajstić information content (AvgIpc) is 2.63. The summed E-state index contributed by atoms with van der Waals surface area (Å²) >= 11 is 1.47. The van der Waals surface area contributed by atoms with Gasteiger partial charge in [-0.2, -0.15) is 18.4 Å². The number of alkyl halides is 3. The van der Waals surface area contributed by atoms with Crippen molar-refractivity contribution < 1.29 is 18.3 Å². The molecule has 0 unspecified atom stereocenters. The van der Waals surface area contributed by atoms with Gasteiger partial charge in [-0.1, -0.05) is 11.8 Å². The monoisotopic (exact) mass is 430 g/mol. The van der Waals surface area contributed by atoms with Gasteiger partial charge in [0.25, 0.3) is 0 Å². The van der Waals surface area contributed by atoms with E-state index >= 15 is 0 Å². The Bertz CT molecular complexity index is 896. The third-order valence-electron chi connectivity index (χ3n) is 4.41. The van der Waals surface area contributed by atoms with E-state index in [1.807, 2.05) is 0 Å². The Labute approximate surface area is 170 Å². The molecule has 2 aromatic rings. The number of aromatic hydroxyl groups is 1. The number of phenols is 1. The molecule has 1 atom stereocenters. The van der Waals surface area contributed by atoms with Crippen LogP contribution in [0.1, 0.15) is 29.5 Å². The highest BCUT2D eigenvalue weighted by atomic mass is 35.5. The highest BCUT2D eigenvalue weighted by molar-refractivity contribution is 8.00. The third-order valence-corrected chi connectivity index (χ3v) is 5.65. The summed E-state index contributed by atoms with van der Waals surface area (Å²) in [6.07, 6.45) is -2.50. The molecular weight excluding hydrogens is 413 g/mol. The summed E-state index contributed by atoms with van der Waals surface area (Å²) in [5, 5.41) is 31.9. The zero-order valence-corrected chi connectivity index (χ0v) is 16.5. The van der Waals surface area contributed by atoms with Gasteiger partial charge in [0.05, 0.1) is 11.1 Å². The number of nitrogens with one attached hydrogen (secondary N) is 1. The number of hydrogen-bond acceptors (Lipinski definition) is 6. The second kappa shape index (κ2) is 8.99. The molecule has 1 aliphatic heterocycles. The van der Waals surface area contributed by atoms with Crippen LogP contribution in [0.5, 0.6) is 5.75 Å². The maximum absolute atomic E-state index is 12.8. The van der Waals surface area contributed by atoms with E-state index < -0.39 is 17.5 Å². The Morgan fingerprint density at radius 3 is 2.64 bits per heavy atom. The molecule has 1 aliphatic rings. The third kappa shape index (κ3) is 4.69. The summed E-state index contributed by atoms with van der Waals surface area (Å²) in [5.41, 5.74) is 0.166. The molecule has 1 aromatic carbocycles. The first-order chi connectivity index (χ1) is 12.8. The molecular formula is C18H18ClF3N4OS. The minimum Gasteiger partial charge on any atom is -0.507 e. The molecule has 0 spiro atoms. The van der Waals surface area contributed by atoms with Crippen LogP contribution in [0.4, 0.5) is 13.2 Å². The smallest absolute Gasteiger partial charge is 0.416 e. The fourth-order valence-electron chi connectivity index (χ4n) is 2.96. The maximum Gasteiger partial charge on any atom is 0.416 e. The van der Waals surface area contributed by atoms with Gasteiger partial charge in [-0.25, -0.2) is 0 Å². The fourth-order valence-corrected chi connectivity index (χ4v) is 4.16. The molecule has 1 fully saturated rings. The van der Waals surface area contributed by atoms with Crippen molar-refractivity contribution in [2.75, 3.05) is 13.1 Å². The van der Waals surface area contributed by atoms with Crippen LogP contribution in [0.15, 0.2) is 23.2 Å². The van der Waals surface area contributed by atoms with Crippen molar-refractivity contribution in [1.29, 1.82) is 5.26 Å². The number of aromatic nitrogens is 2. The lowest BCUT2D eigenvalue weighted by molar-refractivity contribution is -0.137. The predicted molar refractivity (Wildman–Crippen MR) is 103 cm³/mol. The second-order valence-electron chi connectivity index (χ2n) is 6.28. The van der Waals surface area contributed by atoms with E-state index in [0.29, 0.717) is 22.2 Å². The highest BCUT2D eigenvalue weighted by Crippen LogP contribution is 2.38. The van der Waals surface area contributed by atoms with E-state index in [1.165, 1.54) is 11.8 Å². The van der Waals surface area contributed by atoms with Gasteiger partial charge in [-0.15, -0.1) is 22.6 Å². The van der Waals surface area contributed by atoms with Gasteiger partial charge >= 0.3 is 6.18 Å². The molecule has 3 rings (SSSR count). The van der Waals surface area contributed by atoms with Crippen molar-refractivity contribution in [3.8, 4) is 23.1 Å². The Balaban J connectivity index is 0.00000280. The molecule has 0 amide bonds. The van der Waals surface area contributed by atoms with Gasteiger partial charge in [-0.05, 0) is 50.1 Å². The van der Waals surface area contributed by atoms with Gasteiger partial charge in [0.15, 0.2) is 0 Å². The summed E-state index contributed by atoms with van der Waals surface area (Å²) in [5.74, 6) is -0.553. The fraction of sp³-hybridized carbons (Fsp3) is 0.389. The normalized spacial score (nSPS) is 16.9. The van der Waals surface area contributed by atoms with Crippen LogP contribution >= 0.6 is 24.2 Å². The quantitative estimate of drug-likeness (QED) is 0.755. The lowest BCUT2D eigenvalue weighted by Gasteiger charge is -2.22. The van der Waals surface area contributed by atoms with Crippen molar-refractivity contribution in [3.05, 3.63) is 34.9 Å².